The van der Waals surface area contributed by atoms with Gasteiger partial charge < -0.3 is 9.84 Å². The maximum Gasteiger partial charge on any atom is 0.312 e. The number of methoxy groups -OCH3 is 1. The van der Waals surface area contributed by atoms with Crippen LogP contribution in [0.3, 0.4) is 0 Å². The monoisotopic (exact) mass is 334 g/mol. The van der Waals surface area contributed by atoms with Crippen molar-refractivity contribution in [2.24, 2.45) is 11.3 Å². The first-order valence-corrected chi connectivity index (χ1v) is 8.87. The van der Waals surface area contributed by atoms with Gasteiger partial charge in [-0.1, -0.05) is 32.6 Å². The summed E-state index contributed by atoms with van der Waals surface area (Å²) in [6.07, 6.45) is 8.43. The summed E-state index contributed by atoms with van der Waals surface area (Å²) in [4.78, 5) is 13.3. The van der Waals surface area contributed by atoms with E-state index in [1.807, 2.05) is 19.1 Å². The summed E-state index contributed by atoms with van der Waals surface area (Å²) in [6, 6.07) is 0. The summed E-state index contributed by atoms with van der Waals surface area (Å²) in [5, 5.41) is 9.73. The van der Waals surface area contributed by atoms with Gasteiger partial charge in [0.1, 0.15) is 5.76 Å². The van der Waals surface area contributed by atoms with E-state index in [0.29, 0.717) is 0 Å². The number of rotatable bonds is 5. The predicted octanol–water partition coefficient (Wildman–Crippen LogP) is 4.93. The van der Waals surface area contributed by atoms with E-state index in [0.717, 1.165) is 36.2 Å². The summed E-state index contributed by atoms with van der Waals surface area (Å²) < 4.78 is 5.47. The zero-order valence-electron chi connectivity index (χ0n) is 14.4. The van der Waals surface area contributed by atoms with Gasteiger partial charge in [0, 0.05) is 5.57 Å². The quantitative estimate of drug-likeness (QED) is 0.572. The Morgan fingerprint density at radius 2 is 2.17 bits per heavy atom. The van der Waals surface area contributed by atoms with E-state index in [1.54, 1.807) is 24.9 Å². The van der Waals surface area contributed by atoms with Gasteiger partial charge in [-0.25, -0.2) is 0 Å². The smallest absolute Gasteiger partial charge is 0.312 e. The lowest BCUT2D eigenvalue weighted by atomic mass is 9.73. The lowest BCUT2D eigenvalue weighted by Gasteiger charge is -2.31. The van der Waals surface area contributed by atoms with Crippen LogP contribution in [0.25, 0.3) is 0 Å². The van der Waals surface area contributed by atoms with Crippen LogP contribution in [0.5, 0.6) is 0 Å². The van der Waals surface area contributed by atoms with E-state index in [4.69, 9.17) is 4.74 Å². The SMILES string of the molecule is C=C/C=C(\C(=C/C)OC)C1SC2=C(CC(C)(C)CC2)C1C(=O)O. The number of carbonyl (C=O) groups is 1. The third-order valence-corrected chi connectivity index (χ3v) is 6.17. The molecular formula is C19H26O3S. The van der Waals surface area contributed by atoms with E-state index < -0.39 is 11.9 Å². The maximum atomic E-state index is 12.0. The van der Waals surface area contributed by atoms with Crippen LogP contribution in [0, 0.1) is 11.3 Å². The van der Waals surface area contributed by atoms with Gasteiger partial charge in [-0.05, 0) is 48.2 Å². The zero-order chi connectivity index (χ0) is 17.2. The van der Waals surface area contributed by atoms with Gasteiger partial charge in [0.05, 0.1) is 18.3 Å². The molecule has 2 aliphatic rings. The number of hydrogen-bond acceptors (Lipinski definition) is 3. The van der Waals surface area contributed by atoms with Gasteiger partial charge in [-0.2, -0.15) is 0 Å². The molecular weight excluding hydrogens is 308 g/mol. The standard InChI is InChI=1S/C19H26O3S/c1-6-8-12(14(7-2)22-5)17-16(18(20)21)13-11-19(3,4)10-9-15(13)23-17/h6-8,16-17H,1,9-11H2,2-5H3,(H,20,21)/b12-8+,14-7+. The Bertz CT molecular complexity index is 596. The lowest BCUT2D eigenvalue weighted by Crippen LogP contribution is -2.29. The minimum absolute atomic E-state index is 0.143. The van der Waals surface area contributed by atoms with Gasteiger partial charge in [0.25, 0.3) is 0 Å². The second-order valence-electron chi connectivity index (χ2n) is 6.86. The van der Waals surface area contributed by atoms with E-state index in [1.165, 1.54) is 4.91 Å². The molecule has 3 nitrogen and oxygen atoms in total. The first-order chi connectivity index (χ1) is 10.8. The molecule has 0 saturated carbocycles. The number of carboxylic acid groups (broad SMARTS) is 1. The van der Waals surface area contributed by atoms with Gasteiger partial charge in [-0.15, -0.1) is 11.8 Å². The van der Waals surface area contributed by atoms with Crippen molar-refractivity contribution in [3.05, 3.63) is 46.6 Å². The number of ether oxygens (including phenoxy) is 1. The van der Waals surface area contributed by atoms with Crippen LogP contribution >= 0.6 is 11.8 Å². The first-order valence-electron chi connectivity index (χ1n) is 7.99. The van der Waals surface area contributed by atoms with Crippen LogP contribution in [-0.2, 0) is 9.53 Å². The molecule has 2 atom stereocenters. The Kier molecular flexibility index (Phi) is 5.45. The average Bonchev–Trinajstić information content (AvgIpc) is 2.84. The summed E-state index contributed by atoms with van der Waals surface area (Å²) in [6.45, 7) is 10.1. The molecule has 1 N–H and O–H groups in total. The van der Waals surface area contributed by atoms with Crippen molar-refractivity contribution < 1.29 is 14.6 Å². The zero-order valence-corrected chi connectivity index (χ0v) is 15.2. The number of hydrogen-bond donors (Lipinski definition) is 1. The van der Waals surface area contributed by atoms with E-state index in [-0.39, 0.29) is 10.7 Å². The molecule has 0 bridgehead atoms. The van der Waals surface area contributed by atoms with Crippen molar-refractivity contribution in [3.8, 4) is 0 Å². The van der Waals surface area contributed by atoms with Gasteiger partial charge in [0.2, 0.25) is 0 Å². The molecule has 0 fully saturated rings. The molecule has 4 heteroatoms. The maximum absolute atomic E-state index is 12.0. The molecule has 2 unspecified atom stereocenters. The minimum atomic E-state index is -0.744. The van der Waals surface area contributed by atoms with Crippen LogP contribution in [0.4, 0.5) is 0 Å². The molecule has 0 amide bonds. The Labute approximate surface area is 143 Å². The van der Waals surface area contributed by atoms with Crippen LogP contribution < -0.4 is 0 Å². The summed E-state index contributed by atoms with van der Waals surface area (Å²) in [7, 11) is 1.62. The number of aliphatic carboxylic acids is 1. The summed E-state index contributed by atoms with van der Waals surface area (Å²) in [5.41, 5.74) is 2.20. The van der Waals surface area contributed by atoms with Crippen molar-refractivity contribution in [2.45, 2.75) is 45.3 Å². The largest absolute Gasteiger partial charge is 0.497 e. The highest BCUT2D eigenvalue weighted by Crippen LogP contribution is 2.55. The van der Waals surface area contributed by atoms with E-state index in [2.05, 4.69) is 20.4 Å². The second kappa shape index (κ2) is 7.00. The van der Waals surface area contributed by atoms with Gasteiger partial charge >= 0.3 is 5.97 Å². The molecule has 0 aromatic heterocycles. The molecule has 0 aromatic rings. The number of allylic oxidation sites excluding steroid dienone is 5. The highest BCUT2D eigenvalue weighted by Gasteiger charge is 2.46. The van der Waals surface area contributed by atoms with Crippen molar-refractivity contribution in [2.75, 3.05) is 7.11 Å². The van der Waals surface area contributed by atoms with Crippen molar-refractivity contribution in [3.63, 3.8) is 0 Å². The Morgan fingerprint density at radius 1 is 1.48 bits per heavy atom. The van der Waals surface area contributed by atoms with Gasteiger partial charge in [-0.3, -0.25) is 4.79 Å². The summed E-state index contributed by atoms with van der Waals surface area (Å²) >= 11 is 1.70. The predicted molar refractivity (Wildman–Crippen MR) is 96.2 cm³/mol. The Morgan fingerprint density at radius 3 is 2.70 bits per heavy atom. The topological polar surface area (TPSA) is 46.5 Å². The highest BCUT2D eigenvalue weighted by atomic mass is 32.2. The molecule has 2 rings (SSSR count). The molecule has 0 saturated heterocycles. The van der Waals surface area contributed by atoms with Crippen molar-refractivity contribution in [1.29, 1.82) is 0 Å². The fourth-order valence-electron chi connectivity index (χ4n) is 3.51. The molecule has 126 valence electrons. The normalized spacial score (nSPS) is 27.7. The average molecular weight is 334 g/mol. The molecule has 0 aromatic carbocycles. The Balaban J connectivity index is 2.43. The first kappa shape index (κ1) is 17.9. The van der Waals surface area contributed by atoms with Gasteiger partial charge in [0.15, 0.2) is 0 Å². The van der Waals surface area contributed by atoms with E-state index >= 15 is 0 Å². The van der Waals surface area contributed by atoms with Crippen LogP contribution in [0.15, 0.2) is 46.6 Å². The molecule has 0 spiro atoms. The number of carboxylic acids is 1. The third kappa shape index (κ3) is 3.57. The van der Waals surface area contributed by atoms with Crippen LogP contribution in [0.2, 0.25) is 0 Å². The van der Waals surface area contributed by atoms with E-state index in [9.17, 15) is 9.90 Å². The molecule has 23 heavy (non-hydrogen) atoms. The fraction of sp³-hybridized carbons (Fsp3) is 0.526. The highest BCUT2D eigenvalue weighted by molar-refractivity contribution is 8.04. The molecule has 1 aliphatic carbocycles. The van der Waals surface area contributed by atoms with Crippen LogP contribution in [0.1, 0.15) is 40.0 Å². The lowest BCUT2D eigenvalue weighted by molar-refractivity contribution is -0.140. The van der Waals surface area contributed by atoms with Crippen molar-refractivity contribution >= 4 is 17.7 Å². The molecule has 1 aliphatic heterocycles. The number of thioether (sulfide) groups is 1. The minimum Gasteiger partial charge on any atom is -0.497 e. The summed E-state index contributed by atoms with van der Waals surface area (Å²) in [5.74, 6) is -0.495. The molecule has 0 radical (unpaired) electrons. The fourth-order valence-corrected chi connectivity index (χ4v) is 5.12. The third-order valence-electron chi connectivity index (χ3n) is 4.64. The molecule has 1 heterocycles. The van der Waals surface area contributed by atoms with Crippen LogP contribution in [-0.4, -0.2) is 23.4 Å². The van der Waals surface area contributed by atoms with Crippen molar-refractivity contribution in [1.82, 2.24) is 0 Å². The Hall–Kier alpha value is -1.42. The second-order valence-corrected chi connectivity index (χ2v) is 8.09.